The van der Waals surface area contributed by atoms with Gasteiger partial charge in [-0.2, -0.15) is 0 Å². The minimum Gasteiger partial charge on any atom is -0.382 e. The van der Waals surface area contributed by atoms with Gasteiger partial charge in [-0.05, 0) is 26.7 Å². The highest BCUT2D eigenvalue weighted by molar-refractivity contribution is 8.13. The number of hydrogen-bond acceptors (Lipinski definition) is 4. The average Bonchev–Trinajstić information content (AvgIpc) is 2.10. The molecule has 0 saturated heterocycles. The van der Waals surface area contributed by atoms with E-state index in [0.717, 1.165) is 10.9 Å². The summed E-state index contributed by atoms with van der Waals surface area (Å²) in [6.45, 7) is 9.37. The van der Waals surface area contributed by atoms with E-state index in [1.807, 2.05) is 11.8 Å². The fourth-order valence-electron chi connectivity index (χ4n) is 1.45. The van der Waals surface area contributed by atoms with Crippen LogP contribution in [0, 0.1) is 5.92 Å². The van der Waals surface area contributed by atoms with Crippen molar-refractivity contribution in [3.05, 3.63) is 0 Å². The molecule has 2 unspecified atom stereocenters. The number of methoxy groups -OCH3 is 1. The van der Waals surface area contributed by atoms with Crippen molar-refractivity contribution in [3.8, 4) is 0 Å². The molecule has 3 nitrogen and oxygen atoms in total. The van der Waals surface area contributed by atoms with Crippen molar-refractivity contribution in [1.29, 1.82) is 0 Å². The van der Waals surface area contributed by atoms with Crippen LogP contribution in [0.3, 0.4) is 0 Å². The second kappa shape index (κ2) is 5.21. The van der Waals surface area contributed by atoms with E-state index in [0.29, 0.717) is 18.6 Å². The highest BCUT2D eigenvalue weighted by atomic mass is 32.2. The number of aliphatic imine (C=N–C) groups is 1. The lowest BCUT2D eigenvalue weighted by molar-refractivity contribution is 0.140. The zero-order valence-corrected chi connectivity index (χ0v) is 11.1. The third-order valence-electron chi connectivity index (χ3n) is 2.58. The van der Waals surface area contributed by atoms with Crippen LogP contribution >= 0.6 is 11.8 Å². The maximum absolute atomic E-state index is 5.17. The number of thioether (sulfide) groups is 1. The number of hydrogen-bond donors (Lipinski definition) is 1. The minimum absolute atomic E-state index is 0.0408. The minimum atomic E-state index is -0.0408. The van der Waals surface area contributed by atoms with Gasteiger partial charge in [-0.1, -0.05) is 18.7 Å². The summed E-state index contributed by atoms with van der Waals surface area (Å²) >= 11 is 1.81. The molecule has 1 N–H and O–H groups in total. The summed E-state index contributed by atoms with van der Waals surface area (Å²) in [5, 5.41) is 4.49. The van der Waals surface area contributed by atoms with E-state index in [4.69, 9.17) is 4.74 Å². The predicted molar refractivity (Wildman–Crippen MR) is 67.6 cm³/mol. The molecule has 15 heavy (non-hydrogen) atoms. The average molecular weight is 230 g/mol. The Labute approximate surface area is 97.1 Å². The van der Waals surface area contributed by atoms with Crippen LogP contribution in [0.5, 0.6) is 0 Å². The summed E-state index contributed by atoms with van der Waals surface area (Å²) in [6.07, 6.45) is 0. The summed E-state index contributed by atoms with van der Waals surface area (Å²) in [7, 11) is 1.73. The fraction of sp³-hybridized carbons (Fsp3) is 0.909. The Balaban J connectivity index is 2.55. The number of nitrogens with one attached hydrogen (secondary N) is 1. The lowest BCUT2D eigenvalue weighted by Crippen LogP contribution is -2.47. The van der Waals surface area contributed by atoms with Gasteiger partial charge in [0.05, 0.1) is 18.2 Å². The molecule has 88 valence electrons. The van der Waals surface area contributed by atoms with E-state index in [-0.39, 0.29) is 5.54 Å². The largest absolute Gasteiger partial charge is 0.382 e. The third kappa shape index (κ3) is 4.03. The molecule has 0 bridgehead atoms. The molecule has 0 aromatic carbocycles. The van der Waals surface area contributed by atoms with Gasteiger partial charge in [-0.25, -0.2) is 0 Å². The molecule has 0 radical (unpaired) electrons. The van der Waals surface area contributed by atoms with Crippen molar-refractivity contribution in [1.82, 2.24) is 5.32 Å². The smallest absolute Gasteiger partial charge is 0.157 e. The molecule has 0 aromatic heterocycles. The predicted octanol–water partition coefficient (Wildman–Crippen LogP) is 2.13. The highest BCUT2D eigenvalue weighted by Crippen LogP contribution is 2.22. The molecule has 0 aromatic rings. The number of rotatable bonds is 3. The Kier molecular flexibility index (Phi) is 4.46. The summed E-state index contributed by atoms with van der Waals surface area (Å²) in [4.78, 5) is 4.64. The second-order valence-corrected chi connectivity index (χ2v) is 5.91. The first-order chi connectivity index (χ1) is 6.94. The van der Waals surface area contributed by atoms with E-state index in [9.17, 15) is 0 Å². The number of ether oxygens (including phenoxy) is 1. The maximum atomic E-state index is 5.17. The normalized spacial score (nSPS) is 27.4. The summed E-state index contributed by atoms with van der Waals surface area (Å²) in [5.74, 6) is 1.82. The maximum Gasteiger partial charge on any atom is 0.157 e. The first kappa shape index (κ1) is 12.8. The van der Waals surface area contributed by atoms with Gasteiger partial charge in [0.15, 0.2) is 5.17 Å². The van der Waals surface area contributed by atoms with Gasteiger partial charge in [-0.3, -0.25) is 4.99 Å². The summed E-state index contributed by atoms with van der Waals surface area (Å²) < 4.78 is 5.17. The molecule has 1 heterocycles. The van der Waals surface area contributed by atoms with Gasteiger partial charge in [-0.15, -0.1) is 0 Å². The fourth-order valence-corrected chi connectivity index (χ4v) is 2.74. The Morgan fingerprint density at radius 2 is 2.20 bits per heavy atom. The van der Waals surface area contributed by atoms with Crippen molar-refractivity contribution in [2.24, 2.45) is 10.9 Å². The molecule has 0 aliphatic carbocycles. The van der Waals surface area contributed by atoms with Crippen LogP contribution in [0.15, 0.2) is 4.99 Å². The van der Waals surface area contributed by atoms with Crippen LogP contribution in [0.4, 0.5) is 0 Å². The number of amidine groups is 1. The topological polar surface area (TPSA) is 33.6 Å². The molecule has 0 saturated carbocycles. The zero-order valence-electron chi connectivity index (χ0n) is 10.3. The Hall–Kier alpha value is -0.220. The Morgan fingerprint density at radius 1 is 1.53 bits per heavy atom. The standard InChI is InChI=1S/C11H22N2OS/c1-8-6-15-10(12-9(8)2)13-11(3,4)7-14-5/h8-9H,6-7H2,1-5H3,(H,12,13). The Bertz CT molecular complexity index is 241. The summed E-state index contributed by atoms with van der Waals surface area (Å²) in [6, 6.07) is 0.423. The van der Waals surface area contributed by atoms with Gasteiger partial charge in [0.1, 0.15) is 0 Å². The molecule has 1 rings (SSSR count). The van der Waals surface area contributed by atoms with E-state index in [1.54, 1.807) is 7.11 Å². The van der Waals surface area contributed by atoms with Gasteiger partial charge in [0, 0.05) is 12.9 Å². The van der Waals surface area contributed by atoms with E-state index >= 15 is 0 Å². The monoisotopic (exact) mass is 230 g/mol. The van der Waals surface area contributed by atoms with Crippen molar-refractivity contribution in [3.63, 3.8) is 0 Å². The van der Waals surface area contributed by atoms with Crippen LogP contribution in [0.2, 0.25) is 0 Å². The molecule has 2 atom stereocenters. The Morgan fingerprint density at radius 3 is 2.73 bits per heavy atom. The van der Waals surface area contributed by atoms with Gasteiger partial charge < -0.3 is 10.1 Å². The molecular formula is C11H22N2OS. The zero-order chi connectivity index (χ0) is 11.5. The van der Waals surface area contributed by atoms with E-state index in [1.165, 1.54) is 0 Å². The van der Waals surface area contributed by atoms with Gasteiger partial charge in [0.2, 0.25) is 0 Å². The van der Waals surface area contributed by atoms with Crippen LogP contribution in [0.1, 0.15) is 27.7 Å². The van der Waals surface area contributed by atoms with Crippen molar-refractivity contribution in [2.75, 3.05) is 19.5 Å². The van der Waals surface area contributed by atoms with Crippen molar-refractivity contribution >= 4 is 16.9 Å². The SMILES string of the molecule is COCC(C)(C)NC1=NC(C)C(C)CS1. The summed E-state index contributed by atoms with van der Waals surface area (Å²) in [5.41, 5.74) is -0.0408. The van der Waals surface area contributed by atoms with Gasteiger partial charge in [0.25, 0.3) is 0 Å². The molecule has 0 fully saturated rings. The number of nitrogens with zero attached hydrogens (tertiary/aromatic N) is 1. The van der Waals surface area contributed by atoms with Crippen LogP contribution in [-0.2, 0) is 4.74 Å². The lowest BCUT2D eigenvalue weighted by atomic mass is 10.1. The molecular weight excluding hydrogens is 208 g/mol. The van der Waals surface area contributed by atoms with E-state index in [2.05, 4.69) is 38.0 Å². The van der Waals surface area contributed by atoms with Crippen LogP contribution in [0.25, 0.3) is 0 Å². The molecule has 0 amide bonds. The third-order valence-corrected chi connectivity index (χ3v) is 3.75. The molecule has 1 aliphatic heterocycles. The second-order valence-electron chi connectivity index (χ2n) is 4.91. The van der Waals surface area contributed by atoms with Crippen LogP contribution < -0.4 is 5.32 Å². The van der Waals surface area contributed by atoms with Gasteiger partial charge >= 0.3 is 0 Å². The molecule has 4 heteroatoms. The first-order valence-electron chi connectivity index (χ1n) is 5.42. The first-order valence-corrected chi connectivity index (χ1v) is 6.41. The van der Waals surface area contributed by atoms with E-state index < -0.39 is 0 Å². The molecule has 1 aliphatic rings. The lowest BCUT2D eigenvalue weighted by Gasteiger charge is -2.31. The molecule has 0 spiro atoms. The van der Waals surface area contributed by atoms with Crippen LogP contribution in [-0.4, -0.2) is 36.2 Å². The van der Waals surface area contributed by atoms with Crippen molar-refractivity contribution < 1.29 is 4.74 Å². The quantitative estimate of drug-likeness (QED) is 0.806. The van der Waals surface area contributed by atoms with Crippen molar-refractivity contribution in [2.45, 2.75) is 39.3 Å². The highest BCUT2D eigenvalue weighted by Gasteiger charge is 2.24.